The van der Waals surface area contributed by atoms with Crippen LogP contribution in [0.2, 0.25) is 0 Å². The van der Waals surface area contributed by atoms with Gasteiger partial charge in [0, 0.05) is 13.6 Å². The van der Waals surface area contributed by atoms with Gasteiger partial charge in [-0.1, -0.05) is 6.42 Å². The lowest BCUT2D eigenvalue weighted by Gasteiger charge is -2.33. The summed E-state index contributed by atoms with van der Waals surface area (Å²) in [6, 6.07) is 3.97. The number of hydrogen-bond acceptors (Lipinski definition) is 6. The fourth-order valence-corrected chi connectivity index (χ4v) is 3.95. The number of nitrogens with zero attached hydrogens (tertiary/aromatic N) is 2. The molecule has 0 spiro atoms. The summed E-state index contributed by atoms with van der Waals surface area (Å²) < 4.78 is 9.89. The van der Waals surface area contributed by atoms with E-state index in [9.17, 15) is 4.79 Å². The van der Waals surface area contributed by atoms with E-state index in [2.05, 4.69) is 19.9 Å². The highest BCUT2D eigenvalue weighted by atomic mass is 32.1. The van der Waals surface area contributed by atoms with Crippen LogP contribution < -0.4 is 10.6 Å². The number of aromatic nitrogens is 1. The van der Waals surface area contributed by atoms with Crippen molar-refractivity contribution in [1.82, 2.24) is 14.6 Å². The first kappa shape index (κ1) is 17.0. The lowest BCUT2D eigenvalue weighted by Crippen LogP contribution is -2.40. The highest BCUT2D eigenvalue weighted by Crippen LogP contribution is 2.26. The van der Waals surface area contributed by atoms with Crippen molar-refractivity contribution in [3.8, 4) is 0 Å². The number of anilines is 1. The standard InChI is InChI=1S/C17H24N4O2S/c1-12-15(17(18-2)24-20-12)16(22)19-11-13(14-7-6-10-23-14)21-8-4-3-5-9-21/h6-7,10,13,18H,3-5,8-9,11H2,1-2H3,(H,19,22)/t13-/m1/s1. The zero-order chi connectivity index (χ0) is 16.9. The number of nitrogens with one attached hydrogen (secondary N) is 2. The molecule has 1 aliphatic rings. The Balaban J connectivity index is 1.71. The molecule has 1 amide bonds. The highest BCUT2D eigenvalue weighted by Gasteiger charge is 2.26. The van der Waals surface area contributed by atoms with Crippen LogP contribution in [0.1, 0.15) is 47.1 Å². The molecular weight excluding hydrogens is 324 g/mol. The quantitative estimate of drug-likeness (QED) is 0.840. The fourth-order valence-electron chi connectivity index (χ4n) is 3.21. The molecule has 2 aromatic rings. The van der Waals surface area contributed by atoms with Gasteiger partial charge in [0.2, 0.25) is 0 Å². The smallest absolute Gasteiger partial charge is 0.256 e. The molecule has 130 valence electrons. The molecule has 0 bridgehead atoms. The molecule has 0 unspecified atom stereocenters. The zero-order valence-electron chi connectivity index (χ0n) is 14.2. The number of carbonyl (C=O) groups is 1. The Labute approximate surface area is 146 Å². The third-order valence-electron chi connectivity index (χ3n) is 4.48. The van der Waals surface area contributed by atoms with Gasteiger partial charge in [-0.3, -0.25) is 9.69 Å². The first-order valence-electron chi connectivity index (χ1n) is 8.40. The van der Waals surface area contributed by atoms with E-state index in [1.165, 1.54) is 30.8 Å². The molecule has 0 aliphatic carbocycles. The van der Waals surface area contributed by atoms with E-state index in [1.807, 2.05) is 26.1 Å². The summed E-state index contributed by atoms with van der Waals surface area (Å²) in [6.45, 7) is 4.48. The van der Waals surface area contributed by atoms with E-state index >= 15 is 0 Å². The summed E-state index contributed by atoms with van der Waals surface area (Å²) in [5.74, 6) is 0.824. The summed E-state index contributed by atoms with van der Waals surface area (Å²) in [5, 5.41) is 6.92. The van der Waals surface area contributed by atoms with Crippen molar-refractivity contribution >= 4 is 22.4 Å². The van der Waals surface area contributed by atoms with Crippen molar-refractivity contribution in [1.29, 1.82) is 0 Å². The summed E-state index contributed by atoms with van der Waals surface area (Å²) >= 11 is 1.31. The second kappa shape index (κ2) is 7.81. The molecule has 0 aromatic carbocycles. The Morgan fingerprint density at radius 1 is 1.42 bits per heavy atom. The van der Waals surface area contributed by atoms with Gasteiger partial charge in [-0.15, -0.1) is 0 Å². The molecule has 1 saturated heterocycles. The number of rotatable bonds is 6. The SMILES string of the molecule is CNc1snc(C)c1C(=O)NC[C@H](c1ccco1)N1CCCCC1. The second-order valence-corrected chi connectivity index (χ2v) is 6.83. The van der Waals surface area contributed by atoms with Crippen LogP contribution in [0.5, 0.6) is 0 Å². The molecule has 2 aromatic heterocycles. The predicted octanol–water partition coefficient (Wildman–Crippen LogP) is 3.04. The zero-order valence-corrected chi connectivity index (χ0v) is 15.0. The van der Waals surface area contributed by atoms with E-state index < -0.39 is 0 Å². The van der Waals surface area contributed by atoms with Crippen LogP contribution in [0.15, 0.2) is 22.8 Å². The Morgan fingerprint density at radius 3 is 2.88 bits per heavy atom. The van der Waals surface area contributed by atoms with Crippen LogP contribution in [0.25, 0.3) is 0 Å². The van der Waals surface area contributed by atoms with Gasteiger partial charge in [0.15, 0.2) is 0 Å². The minimum atomic E-state index is -0.0841. The number of carbonyl (C=O) groups excluding carboxylic acids is 1. The number of likely N-dealkylation sites (tertiary alicyclic amines) is 1. The van der Waals surface area contributed by atoms with Crippen LogP contribution >= 0.6 is 11.5 Å². The van der Waals surface area contributed by atoms with Crippen molar-refractivity contribution in [3.05, 3.63) is 35.4 Å². The van der Waals surface area contributed by atoms with E-state index in [0.29, 0.717) is 12.1 Å². The van der Waals surface area contributed by atoms with Gasteiger partial charge in [-0.05, 0) is 56.5 Å². The maximum Gasteiger partial charge on any atom is 0.256 e. The first-order chi connectivity index (χ1) is 11.7. The van der Waals surface area contributed by atoms with Crippen LogP contribution in [0.3, 0.4) is 0 Å². The van der Waals surface area contributed by atoms with Gasteiger partial charge in [0.25, 0.3) is 5.91 Å². The number of furan rings is 1. The lowest BCUT2D eigenvalue weighted by molar-refractivity contribution is 0.0914. The molecule has 3 heterocycles. The normalized spacial score (nSPS) is 16.8. The maximum absolute atomic E-state index is 12.6. The molecule has 7 heteroatoms. The average molecular weight is 348 g/mol. The second-order valence-electron chi connectivity index (χ2n) is 6.06. The van der Waals surface area contributed by atoms with Crippen molar-refractivity contribution in [3.63, 3.8) is 0 Å². The van der Waals surface area contributed by atoms with E-state index in [1.54, 1.807) is 6.26 Å². The Kier molecular flexibility index (Phi) is 5.52. The molecule has 3 rings (SSSR count). The van der Waals surface area contributed by atoms with Crippen molar-refractivity contribution < 1.29 is 9.21 Å². The Bertz CT molecular complexity index is 662. The predicted molar refractivity (Wildman–Crippen MR) is 95.6 cm³/mol. The number of aryl methyl sites for hydroxylation is 1. The maximum atomic E-state index is 12.6. The molecule has 1 aliphatic heterocycles. The molecule has 6 nitrogen and oxygen atoms in total. The summed E-state index contributed by atoms with van der Waals surface area (Å²) in [7, 11) is 1.81. The monoisotopic (exact) mass is 348 g/mol. The third-order valence-corrected chi connectivity index (χ3v) is 5.43. The van der Waals surface area contributed by atoms with Gasteiger partial charge in [-0.25, -0.2) is 0 Å². The largest absolute Gasteiger partial charge is 0.468 e. The van der Waals surface area contributed by atoms with Crippen molar-refractivity contribution in [2.24, 2.45) is 0 Å². The van der Waals surface area contributed by atoms with Crippen LogP contribution in [-0.2, 0) is 0 Å². The van der Waals surface area contributed by atoms with Crippen LogP contribution in [0.4, 0.5) is 5.00 Å². The Morgan fingerprint density at radius 2 is 2.21 bits per heavy atom. The third kappa shape index (κ3) is 3.62. The first-order valence-corrected chi connectivity index (χ1v) is 9.17. The van der Waals surface area contributed by atoms with Gasteiger partial charge < -0.3 is 15.1 Å². The molecule has 24 heavy (non-hydrogen) atoms. The molecule has 0 radical (unpaired) electrons. The van der Waals surface area contributed by atoms with Crippen molar-refractivity contribution in [2.75, 3.05) is 32.0 Å². The number of amides is 1. The molecule has 1 fully saturated rings. The van der Waals surface area contributed by atoms with Gasteiger partial charge in [0.05, 0.1) is 23.6 Å². The average Bonchev–Trinajstić information content (AvgIpc) is 3.25. The van der Waals surface area contributed by atoms with Gasteiger partial charge in [-0.2, -0.15) is 4.37 Å². The summed E-state index contributed by atoms with van der Waals surface area (Å²) in [4.78, 5) is 15.0. The van der Waals surface area contributed by atoms with Crippen LogP contribution in [-0.4, -0.2) is 41.9 Å². The molecular formula is C17H24N4O2S. The summed E-state index contributed by atoms with van der Waals surface area (Å²) in [6.07, 6.45) is 5.37. The van der Waals surface area contributed by atoms with E-state index in [0.717, 1.165) is 29.5 Å². The number of hydrogen-bond donors (Lipinski definition) is 2. The summed E-state index contributed by atoms with van der Waals surface area (Å²) in [5.41, 5.74) is 1.40. The fraction of sp³-hybridized carbons (Fsp3) is 0.529. The molecule has 0 saturated carbocycles. The minimum absolute atomic E-state index is 0.0780. The lowest BCUT2D eigenvalue weighted by atomic mass is 10.1. The highest BCUT2D eigenvalue weighted by molar-refractivity contribution is 7.10. The topological polar surface area (TPSA) is 70.4 Å². The molecule has 1 atom stereocenters. The van der Waals surface area contributed by atoms with Gasteiger partial charge in [0.1, 0.15) is 10.8 Å². The van der Waals surface area contributed by atoms with E-state index in [-0.39, 0.29) is 11.9 Å². The number of piperidine rings is 1. The van der Waals surface area contributed by atoms with E-state index in [4.69, 9.17) is 4.42 Å². The minimum Gasteiger partial charge on any atom is -0.468 e. The Hall–Kier alpha value is -1.86. The van der Waals surface area contributed by atoms with Gasteiger partial charge >= 0.3 is 0 Å². The molecule has 2 N–H and O–H groups in total. The van der Waals surface area contributed by atoms with Crippen molar-refractivity contribution in [2.45, 2.75) is 32.2 Å². The van der Waals surface area contributed by atoms with Crippen LogP contribution in [0, 0.1) is 6.92 Å².